The Morgan fingerprint density at radius 2 is 2.27 bits per heavy atom. The molecule has 1 saturated carbocycles. The van der Waals surface area contributed by atoms with Gasteiger partial charge in [-0.15, -0.1) is 0 Å². The first kappa shape index (κ1) is 10.7. The Bertz CT molecular complexity index is 300. The van der Waals surface area contributed by atoms with Crippen molar-refractivity contribution in [2.45, 2.75) is 45.6 Å². The molecule has 2 rings (SSSR count). The van der Waals surface area contributed by atoms with E-state index in [2.05, 4.69) is 13.8 Å². The van der Waals surface area contributed by atoms with Crippen LogP contribution in [0.5, 0.6) is 0 Å². The van der Waals surface area contributed by atoms with Gasteiger partial charge in [0.2, 0.25) is 0 Å². The maximum absolute atomic E-state index is 10.3. The fourth-order valence-electron chi connectivity index (χ4n) is 2.76. The van der Waals surface area contributed by atoms with E-state index in [1.807, 2.05) is 12.1 Å². The molecule has 0 amide bonds. The highest BCUT2D eigenvalue weighted by Gasteiger charge is 2.38. The lowest BCUT2D eigenvalue weighted by Crippen LogP contribution is -2.32. The third kappa shape index (κ3) is 2.10. The third-order valence-corrected chi connectivity index (χ3v) is 3.81. The standard InChI is InChI=1S/C13H20O2/c1-13(2)8-4-3-6-10(13)12(14)11-7-5-9-15-11/h5,7,9-10,12,14H,3-4,6,8H2,1-2H3. The van der Waals surface area contributed by atoms with Crippen molar-refractivity contribution in [2.75, 3.05) is 0 Å². The van der Waals surface area contributed by atoms with Crippen molar-refractivity contribution in [3.63, 3.8) is 0 Å². The van der Waals surface area contributed by atoms with Crippen LogP contribution in [0.25, 0.3) is 0 Å². The first-order valence-corrected chi connectivity index (χ1v) is 5.83. The number of rotatable bonds is 2. The van der Waals surface area contributed by atoms with Crippen LogP contribution in [0.1, 0.15) is 51.4 Å². The second kappa shape index (κ2) is 4.01. The smallest absolute Gasteiger partial charge is 0.132 e. The monoisotopic (exact) mass is 208 g/mol. The van der Waals surface area contributed by atoms with E-state index in [9.17, 15) is 5.11 Å². The molecule has 1 fully saturated rings. The fourth-order valence-corrected chi connectivity index (χ4v) is 2.76. The lowest BCUT2D eigenvalue weighted by molar-refractivity contribution is -0.00797. The Morgan fingerprint density at radius 1 is 1.47 bits per heavy atom. The molecule has 1 aromatic rings. The zero-order chi connectivity index (χ0) is 10.9. The minimum Gasteiger partial charge on any atom is -0.467 e. The summed E-state index contributed by atoms with van der Waals surface area (Å²) in [6.07, 6.45) is 6.02. The van der Waals surface area contributed by atoms with Crippen molar-refractivity contribution in [3.05, 3.63) is 24.2 Å². The maximum atomic E-state index is 10.3. The number of hydrogen-bond donors (Lipinski definition) is 1. The summed E-state index contributed by atoms with van der Waals surface area (Å²) in [5.41, 5.74) is 0.227. The van der Waals surface area contributed by atoms with E-state index in [1.165, 1.54) is 19.3 Å². The molecule has 1 N–H and O–H groups in total. The van der Waals surface area contributed by atoms with Crippen molar-refractivity contribution < 1.29 is 9.52 Å². The Kier molecular flexibility index (Phi) is 2.87. The summed E-state index contributed by atoms with van der Waals surface area (Å²) in [5.74, 6) is 1.05. The van der Waals surface area contributed by atoms with Crippen LogP contribution in [0.3, 0.4) is 0 Å². The molecule has 0 aliphatic heterocycles. The van der Waals surface area contributed by atoms with Gasteiger partial charge in [-0.2, -0.15) is 0 Å². The van der Waals surface area contributed by atoms with Gasteiger partial charge in [-0.05, 0) is 36.3 Å². The van der Waals surface area contributed by atoms with Crippen molar-refractivity contribution in [3.8, 4) is 0 Å². The topological polar surface area (TPSA) is 33.4 Å². The van der Waals surface area contributed by atoms with Gasteiger partial charge in [0, 0.05) is 0 Å². The number of furan rings is 1. The van der Waals surface area contributed by atoms with E-state index in [0.717, 1.165) is 12.2 Å². The quantitative estimate of drug-likeness (QED) is 0.806. The summed E-state index contributed by atoms with van der Waals surface area (Å²) in [6, 6.07) is 3.71. The molecule has 0 aromatic carbocycles. The number of aliphatic hydroxyl groups is 1. The normalized spacial score (nSPS) is 27.5. The fraction of sp³-hybridized carbons (Fsp3) is 0.692. The number of hydrogen-bond acceptors (Lipinski definition) is 2. The Morgan fingerprint density at radius 3 is 2.87 bits per heavy atom. The van der Waals surface area contributed by atoms with Crippen molar-refractivity contribution in [1.29, 1.82) is 0 Å². The van der Waals surface area contributed by atoms with Crippen LogP contribution < -0.4 is 0 Å². The molecule has 2 heteroatoms. The van der Waals surface area contributed by atoms with Gasteiger partial charge < -0.3 is 9.52 Å². The zero-order valence-electron chi connectivity index (χ0n) is 9.57. The second-order valence-electron chi connectivity index (χ2n) is 5.30. The van der Waals surface area contributed by atoms with Crippen LogP contribution in [0.4, 0.5) is 0 Å². The molecule has 15 heavy (non-hydrogen) atoms. The molecule has 1 aliphatic carbocycles. The highest BCUT2D eigenvalue weighted by atomic mass is 16.4. The first-order valence-electron chi connectivity index (χ1n) is 5.83. The average molecular weight is 208 g/mol. The maximum Gasteiger partial charge on any atom is 0.132 e. The van der Waals surface area contributed by atoms with Crippen molar-refractivity contribution in [1.82, 2.24) is 0 Å². The predicted molar refractivity (Wildman–Crippen MR) is 59.4 cm³/mol. The molecule has 2 atom stereocenters. The lowest BCUT2D eigenvalue weighted by Gasteiger charge is -2.40. The molecule has 1 aliphatic rings. The van der Waals surface area contributed by atoms with Crippen LogP contribution in [0.2, 0.25) is 0 Å². The summed E-state index contributed by atoms with van der Waals surface area (Å²) in [5, 5.41) is 10.3. The Balaban J connectivity index is 2.15. The van der Waals surface area contributed by atoms with Crippen molar-refractivity contribution >= 4 is 0 Å². The largest absolute Gasteiger partial charge is 0.467 e. The van der Waals surface area contributed by atoms with Gasteiger partial charge in [-0.3, -0.25) is 0 Å². The first-order chi connectivity index (χ1) is 7.11. The summed E-state index contributed by atoms with van der Waals surface area (Å²) in [6.45, 7) is 4.51. The molecule has 0 saturated heterocycles. The molecular formula is C13H20O2. The molecule has 1 aromatic heterocycles. The molecular weight excluding hydrogens is 188 g/mol. The molecule has 2 unspecified atom stereocenters. The highest BCUT2D eigenvalue weighted by molar-refractivity contribution is 5.05. The van der Waals surface area contributed by atoms with E-state index in [4.69, 9.17) is 4.42 Å². The summed E-state index contributed by atoms with van der Waals surface area (Å²) >= 11 is 0. The SMILES string of the molecule is CC1(C)CCCCC1C(O)c1ccco1. The van der Waals surface area contributed by atoms with E-state index in [-0.39, 0.29) is 5.41 Å². The van der Waals surface area contributed by atoms with Gasteiger partial charge in [-0.1, -0.05) is 26.7 Å². The van der Waals surface area contributed by atoms with E-state index in [1.54, 1.807) is 6.26 Å². The minimum absolute atomic E-state index is 0.227. The van der Waals surface area contributed by atoms with Gasteiger partial charge >= 0.3 is 0 Å². The summed E-state index contributed by atoms with van der Waals surface area (Å²) in [7, 11) is 0. The van der Waals surface area contributed by atoms with Gasteiger partial charge in [0.05, 0.1) is 6.26 Å². The summed E-state index contributed by atoms with van der Waals surface area (Å²) in [4.78, 5) is 0. The molecule has 2 nitrogen and oxygen atoms in total. The molecule has 0 spiro atoms. The van der Waals surface area contributed by atoms with E-state index in [0.29, 0.717) is 5.92 Å². The summed E-state index contributed by atoms with van der Waals surface area (Å²) < 4.78 is 5.29. The van der Waals surface area contributed by atoms with Crippen molar-refractivity contribution in [2.24, 2.45) is 11.3 Å². The van der Waals surface area contributed by atoms with Crippen LogP contribution in [0.15, 0.2) is 22.8 Å². The van der Waals surface area contributed by atoms with Gasteiger partial charge in [0.25, 0.3) is 0 Å². The van der Waals surface area contributed by atoms with Crippen LogP contribution in [0, 0.1) is 11.3 Å². The number of aliphatic hydroxyl groups excluding tert-OH is 1. The molecule has 0 bridgehead atoms. The Hall–Kier alpha value is -0.760. The van der Waals surface area contributed by atoms with Crippen LogP contribution >= 0.6 is 0 Å². The van der Waals surface area contributed by atoms with Gasteiger partial charge in [-0.25, -0.2) is 0 Å². The van der Waals surface area contributed by atoms with E-state index >= 15 is 0 Å². The van der Waals surface area contributed by atoms with Crippen LogP contribution in [-0.2, 0) is 0 Å². The van der Waals surface area contributed by atoms with E-state index < -0.39 is 6.10 Å². The van der Waals surface area contributed by atoms with Gasteiger partial charge in [0.1, 0.15) is 11.9 Å². The lowest BCUT2D eigenvalue weighted by atomic mass is 9.66. The molecule has 1 heterocycles. The minimum atomic E-state index is -0.435. The van der Waals surface area contributed by atoms with Gasteiger partial charge in [0.15, 0.2) is 0 Å². The predicted octanol–water partition coefficient (Wildman–Crippen LogP) is 3.53. The third-order valence-electron chi connectivity index (χ3n) is 3.81. The zero-order valence-corrected chi connectivity index (χ0v) is 9.57. The molecule has 0 radical (unpaired) electrons. The highest BCUT2D eigenvalue weighted by Crippen LogP contribution is 2.46. The second-order valence-corrected chi connectivity index (χ2v) is 5.30. The average Bonchev–Trinajstić information content (AvgIpc) is 2.69. The molecule has 84 valence electrons. The van der Waals surface area contributed by atoms with Crippen LogP contribution in [-0.4, -0.2) is 5.11 Å². The Labute approximate surface area is 91.3 Å².